The Morgan fingerprint density at radius 3 is 2.61 bits per heavy atom. The topological polar surface area (TPSA) is 75.6 Å². The van der Waals surface area contributed by atoms with Gasteiger partial charge in [0.1, 0.15) is 17.5 Å². The second-order valence-corrected chi connectivity index (χ2v) is 4.96. The molecule has 23 heavy (non-hydrogen) atoms. The number of nitrogens with zero attached hydrogens (tertiary/aromatic N) is 4. The molecule has 4 aromatic rings. The molecule has 110 valence electrons. The zero-order valence-electron chi connectivity index (χ0n) is 12.0. The predicted molar refractivity (Wildman–Crippen MR) is 82.6 cm³/mol. The van der Waals surface area contributed by atoms with Crippen molar-refractivity contribution in [3.63, 3.8) is 0 Å². The van der Waals surface area contributed by atoms with E-state index < -0.39 is 0 Å². The number of ketones is 1. The number of rotatable bonds is 3. The van der Waals surface area contributed by atoms with E-state index in [9.17, 15) is 4.79 Å². The van der Waals surface area contributed by atoms with Crippen molar-refractivity contribution in [2.24, 2.45) is 0 Å². The van der Waals surface area contributed by atoms with E-state index in [4.69, 9.17) is 0 Å². The van der Waals surface area contributed by atoms with E-state index in [1.165, 1.54) is 0 Å². The van der Waals surface area contributed by atoms with Gasteiger partial charge in [0, 0.05) is 30.2 Å². The Bertz CT molecular complexity index is 980. The summed E-state index contributed by atoms with van der Waals surface area (Å²) in [5, 5.41) is 3.09. The van der Waals surface area contributed by atoms with Gasteiger partial charge in [-0.2, -0.15) is 0 Å². The Labute approximate surface area is 131 Å². The zero-order valence-corrected chi connectivity index (χ0v) is 12.0. The predicted octanol–water partition coefficient (Wildman–Crippen LogP) is 1.84. The molecule has 6 nitrogen and oxygen atoms in total. The number of nitrogens with one attached hydrogen (secondary N) is 1. The lowest BCUT2D eigenvalue weighted by atomic mass is 10.1. The van der Waals surface area contributed by atoms with Crippen LogP contribution in [-0.2, 0) is 0 Å². The van der Waals surface area contributed by atoms with Crippen molar-refractivity contribution in [3.05, 3.63) is 78.6 Å². The lowest BCUT2D eigenvalue weighted by molar-refractivity contribution is -0.567. The first kappa shape index (κ1) is 13.3. The van der Waals surface area contributed by atoms with Crippen molar-refractivity contribution in [2.45, 2.75) is 0 Å². The van der Waals surface area contributed by atoms with Gasteiger partial charge in [-0.05, 0) is 29.2 Å². The third-order valence-corrected chi connectivity index (χ3v) is 3.58. The maximum Gasteiger partial charge on any atom is 0.359 e. The molecule has 4 heterocycles. The number of H-pyrrole nitrogens is 1. The average molecular weight is 302 g/mol. The molecular formula is C17H12N5O+. The van der Waals surface area contributed by atoms with Gasteiger partial charge in [-0.1, -0.05) is 6.07 Å². The van der Waals surface area contributed by atoms with Gasteiger partial charge in [0.2, 0.25) is 5.78 Å². The first-order valence-electron chi connectivity index (χ1n) is 7.09. The van der Waals surface area contributed by atoms with Gasteiger partial charge < -0.3 is 0 Å². The van der Waals surface area contributed by atoms with Crippen molar-refractivity contribution < 1.29 is 9.31 Å². The highest BCUT2D eigenvalue weighted by Gasteiger charge is 2.24. The fraction of sp³-hybridized carbons (Fsp3) is 0. The molecule has 0 amide bonds. The number of hydrogen-bond donors (Lipinski definition) is 1. The van der Waals surface area contributed by atoms with Crippen LogP contribution in [0.5, 0.6) is 0 Å². The molecule has 4 aromatic heterocycles. The number of carbonyl (C=O) groups is 1. The summed E-state index contributed by atoms with van der Waals surface area (Å²) in [5.74, 6) is -0.163. The number of aromatic amines is 1. The maximum absolute atomic E-state index is 12.6. The molecule has 0 saturated carbocycles. The minimum atomic E-state index is -0.163. The van der Waals surface area contributed by atoms with Crippen LogP contribution in [0.1, 0.15) is 16.1 Å². The molecule has 0 aromatic carbocycles. The molecule has 0 atom stereocenters. The highest BCUT2D eigenvalue weighted by Crippen LogP contribution is 2.16. The van der Waals surface area contributed by atoms with Gasteiger partial charge in [0.25, 0.3) is 0 Å². The van der Waals surface area contributed by atoms with E-state index in [0.29, 0.717) is 16.9 Å². The average Bonchev–Trinajstić information content (AvgIpc) is 3.06. The quantitative estimate of drug-likeness (QED) is 0.463. The Morgan fingerprint density at radius 2 is 1.83 bits per heavy atom. The van der Waals surface area contributed by atoms with Crippen LogP contribution in [0.4, 0.5) is 0 Å². The van der Waals surface area contributed by atoms with E-state index in [0.717, 1.165) is 11.3 Å². The fourth-order valence-electron chi connectivity index (χ4n) is 2.49. The van der Waals surface area contributed by atoms with Crippen molar-refractivity contribution in [2.75, 3.05) is 0 Å². The van der Waals surface area contributed by atoms with Crippen LogP contribution < -0.4 is 4.52 Å². The molecule has 0 aliphatic rings. The van der Waals surface area contributed by atoms with Gasteiger partial charge in [0.15, 0.2) is 5.69 Å². The smallest absolute Gasteiger partial charge is 0.286 e. The summed E-state index contributed by atoms with van der Waals surface area (Å²) < 4.78 is 1.78. The Kier molecular flexibility index (Phi) is 3.12. The molecule has 0 fully saturated rings. The normalized spacial score (nSPS) is 10.8. The molecule has 0 aliphatic heterocycles. The van der Waals surface area contributed by atoms with Crippen molar-refractivity contribution in [1.82, 2.24) is 20.1 Å². The van der Waals surface area contributed by atoms with Gasteiger partial charge in [0.05, 0.1) is 6.20 Å². The first-order valence-corrected chi connectivity index (χ1v) is 7.09. The first-order chi connectivity index (χ1) is 11.3. The third-order valence-electron chi connectivity index (χ3n) is 3.58. The highest BCUT2D eigenvalue weighted by atomic mass is 16.1. The Morgan fingerprint density at radius 1 is 0.957 bits per heavy atom. The van der Waals surface area contributed by atoms with Gasteiger partial charge in [-0.25, -0.2) is 5.10 Å². The molecule has 6 heteroatoms. The summed E-state index contributed by atoms with van der Waals surface area (Å²) >= 11 is 0. The summed E-state index contributed by atoms with van der Waals surface area (Å²) in [6.45, 7) is 0. The molecule has 0 bridgehead atoms. The summed E-state index contributed by atoms with van der Waals surface area (Å²) in [5.41, 5.74) is 3.33. The van der Waals surface area contributed by atoms with Crippen LogP contribution in [0.25, 0.3) is 16.9 Å². The van der Waals surface area contributed by atoms with Gasteiger partial charge in [-0.3, -0.25) is 14.8 Å². The summed E-state index contributed by atoms with van der Waals surface area (Å²) in [6.07, 6.45) is 8.40. The number of pyridine rings is 2. The van der Waals surface area contributed by atoms with E-state index in [-0.39, 0.29) is 5.78 Å². The van der Waals surface area contributed by atoms with Crippen LogP contribution in [-0.4, -0.2) is 25.8 Å². The van der Waals surface area contributed by atoms with Crippen LogP contribution in [0.15, 0.2) is 67.4 Å². The van der Waals surface area contributed by atoms with Crippen molar-refractivity contribution in [1.29, 1.82) is 0 Å². The molecule has 0 unspecified atom stereocenters. The lowest BCUT2D eigenvalue weighted by Crippen LogP contribution is -2.27. The minimum absolute atomic E-state index is 0.163. The van der Waals surface area contributed by atoms with Crippen LogP contribution in [0, 0.1) is 0 Å². The van der Waals surface area contributed by atoms with E-state index >= 15 is 0 Å². The van der Waals surface area contributed by atoms with Crippen LogP contribution in [0.3, 0.4) is 0 Å². The Hall–Kier alpha value is -3.41. The van der Waals surface area contributed by atoms with Gasteiger partial charge >= 0.3 is 5.65 Å². The number of aromatic nitrogens is 5. The summed E-state index contributed by atoms with van der Waals surface area (Å²) in [4.78, 5) is 25.1. The second kappa shape index (κ2) is 5.42. The Balaban J connectivity index is 1.87. The van der Waals surface area contributed by atoms with Crippen LogP contribution >= 0.6 is 0 Å². The number of hydrogen-bond acceptors (Lipinski definition) is 4. The zero-order chi connectivity index (χ0) is 15.6. The molecule has 4 rings (SSSR count). The second-order valence-electron chi connectivity index (χ2n) is 4.96. The SMILES string of the molecule is O=C(c1ccccn1)c1c[nH][n+]2c(-c3ccncc3)ccnc12. The molecular weight excluding hydrogens is 290 g/mol. The standard InChI is InChI=1S/C17H11N5O/c23-16(14-3-1-2-7-19-14)13-11-21-22-15(6-10-20-17(13)22)12-4-8-18-9-5-12/h1-11H/p+1. The van der Waals surface area contributed by atoms with Gasteiger partial charge in [-0.15, -0.1) is 4.52 Å². The largest absolute Gasteiger partial charge is 0.359 e. The molecule has 1 N–H and O–H groups in total. The van der Waals surface area contributed by atoms with Crippen LogP contribution in [0.2, 0.25) is 0 Å². The molecule has 0 spiro atoms. The maximum atomic E-state index is 12.6. The molecule has 0 aliphatic carbocycles. The van der Waals surface area contributed by atoms with E-state index in [1.54, 1.807) is 53.7 Å². The highest BCUT2D eigenvalue weighted by molar-refractivity contribution is 6.10. The summed E-state index contributed by atoms with van der Waals surface area (Å²) in [7, 11) is 0. The summed E-state index contributed by atoms with van der Waals surface area (Å²) in [6, 6.07) is 11.0. The number of fused-ring (bicyclic) bond motifs is 1. The number of carbonyl (C=O) groups excluding carboxylic acids is 1. The monoisotopic (exact) mass is 302 g/mol. The fourth-order valence-corrected chi connectivity index (χ4v) is 2.49. The lowest BCUT2D eigenvalue weighted by Gasteiger charge is -1.98. The minimum Gasteiger partial charge on any atom is -0.286 e. The third kappa shape index (κ3) is 2.26. The van der Waals surface area contributed by atoms with E-state index in [1.807, 2.05) is 18.2 Å². The van der Waals surface area contributed by atoms with Crippen molar-refractivity contribution in [3.8, 4) is 11.3 Å². The van der Waals surface area contributed by atoms with Crippen molar-refractivity contribution >= 4 is 11.4 Å². The molecule has 0 radical (unpaired) electrons. The van der Waals surface area contributed by atoms with E-state index in [2.05, 4.69) is 20.1 Å². The molecule has 0 saturated heterocycles.